The van der Waals surface area contributed by atoms with Crippen LogP contribution in [0.4, 0.5) is 0 Å². The summed E-state index contributed by atoms with van der Waals surface area (Å²) < 4.78 is 7.85. The number of aromatic nitrogens is 3. The normalized spacial score (nSPS) is 18.4. The van der Waals surface area contributed by atoms with Crippen molar-refractivity contribution < 1.29 is 4.74 Å². The summed E-state index contributed by atoms with van der Waals surface area (Å²) in [6, 6.07) is 4.31. The lowest BCUT2D eigenvalue weighted by molar-refractivity contribution is 0.102. The summed E-state index contributed by atoms with van der Waals surface area (Å²) in [4.78, 5) is 0. The van der Waals surface area contributed by atoms with E-state index >= 15 is 0 Å². The highest BCUT2D eigenvalue weighted by Gasteiger charge is 2.23. The molecule has 0 saturated carbocycles. The molecule has 3 rings (SSSR count). The lowest BCUT2D eigenvalue weighted by atomic mass is 10.0. The number of nitrogens with zero attached hydrogens (tertiary/aromatic N) is 3. The second kappa shape index (κ2) is 6.14. The van der Waals surface area contributed by atoms with Crippen LogP contribution in [0.3, 0.4) is 0 Å². The fourth-order valence-electron chi connectivity index (χ4n) is 2.92. The maximum Gasteiger partial charge on any atom is 0.216 e. The third-order valence-electron chi connectivity index (χ3n) is 3.93. The number of aromatic amines is 1. The number of H-pyrrole nitrogens is 1. The molecule has 22 heavy (non-hydrogen) atoms. The Morgan fingerprint density at radius 3 is 2.73 bits per heavy atom. The maximum absolute atomic E-state index is 5.68. The topological polar surface area (TPSA) is 55.2 Å². The van der Waals surface area contributed by atoms with E-state index in [-0.39, 0.29) is 6.10 Å². The van der Waals surface area contributed by atoms with E-state index in [0.29, 0.717) is 4.77 Å². The van der Waals surface area contributed by atoms with Gasteiger partial charge in [0.1, 0.15) is 6.10 Å². The predicted octanol–water partition coefficient (Wildman–Crippen LogP) is 3.60. The second-order valence-electron chi connectivity index (χ2n) is 5.76. The van der Waals surface area contributed by atoms with Crippen LogP contribution in [0.1, 0.15) is 47.0 Å². The molecular weight excluding hydrogens is 296 g/mol. The van der Waals surface area contributed by atoms with Crippen molar-refractivity contribution in [1.29, 1.82) is 0 Å². The van der Waals surface area contributed by atoms with Gasteiger partial charge in [-0.15, -0.1) is 0 Å². The zero-order valence-corrected chi connectivity index (χ0v) is 13.9. The Hall–Kier alpha value is -1.79. The van der Waals surface area contributed by atoms with Crippen molar-refractivity contribution in [3.05, 3.63) is 45.0 Å². The van der Waals surface area contributed by atoms with Gasteiger partial charge in [0.25, 0.3) is 0 Å². The minimum absolute atomic E-state index is 0.0229. The second-order valence-corrected chi connectivity index (χ2v) is 6.14. The highest BCUT2D eigenvalue weighted by Crippen LogP contribution is 2.27. The molecule has 2 aromatic rings. The first kappa shape index (κ1) is 15.1. The third-order valence-corrected chi connectivity index (χ3v) is 4.20. The number of nitrogens with one attached hydrogen (secondary N) is 1. The molecule has 0 bridgehead atoms. The van der Waals surface area contributed by atoms with Crippen LogP contribution in [-0.2, 0) is 4.74 Å². The zero-order valence-electron chi connectivity index (χ0n) is 13.1. The lowest BCUT2D eigenvalue weighted by Gasteiger charge is -2.09. The Kier molecular flexibility index (Phi) is 4.22. The summed E-state index contributed by atoms with van der Waals surface area (Å²) in [6.07, 6.45) is 3.83. The van der Waals surface area contributed by atoms with E-state index in [9.17, 15) is 0 Å². The molecule has 1 aliphatic heterocycles. The fraction of sp³-hybridized carbons (Fsp3) is 0.438. The van der Waals surface area contributed by atoms with Gasteiger partial charge in [-0.1, -0.05) is 17.7 Å². The highest BCUT2D eigenvalue weighted by molar-refractivity contribution is 7.71. The minimum atomic E-state index is -0.0229. The van der Waals surface area contributed by atoms with Gasteiger partial charge in [-0.25, -0.2) is 0 Å². The molecule has 0 unspecified atom stereocenters. The van der Waals surface area contributed by atoms with Crippen molar-refractivity contribution in [3.63, 3.8) is 0 Å². The summed E-state index contributed by atoms with van der Waals surface area (Å²) in [5.41, 5.74) is 4.78. The number of benzene rings is 1. The van der Waals surface area contributed by atoms with Crippen molar-refractivity contribution >= 4 is 18.4 Å². The molecule has 1 saturated heterocycles. The number of ether oxygens (including phenoxy) is 1. The van der Waals surface area contributed by atoms with Crippen LogP contribution in [0.15, 0.2) is 17.2 Å². The van der Waals surface area contributed by atoms with Crippen molar-refractivity contribution in [2.75, 3.05) is 6.61 Å². The molecular formula is C16H20N4OS. The Morgan fingerprint density at radius 2 is 2.09 bits per heavy atom. The van der Waals surface area contributed by atoms with Gasteiger partial charge < -0.3 is 4.74 Å². The fourth-order valence-corrected chi connectivity index (χ4v) is 3.10. The van der Waals surface area contributed by atoms with Crippen LogP contribution in [0.5, 0.6) is 0 Å². The van der Waals surface area contributed by atoms with E-state index in [1.165, 1.54) is 16.7 Å². The van der Waals surface area contributed by atoms with E-state index in [1.807, 2.05) is 6.21 Å². The molecule has 0 radical (unpaired) electrons. The van der Waals surface area contributed by atoms with Crippen LogP contribution in [0, 0.1) is 25.5 Å². The molecule has 0 amide bonds. The van der Waals surface area contributed by atoms with Gasteiger partial charge >= 0.3 is 0 Å². The van der Waals surface area contributed by atoms with Gasteiger partial charge in [-0.3, -0.25) is 5.10 Å². The quantitative estimate of drug-likeness (QED) is 0.695. The molecule has 1 aromatic heterocycles. The molecule has 1 fully saturated rings. The summed E-state index contributed by atoms with van der Waals surface area (Å²) in [5.74, 6) is 0.751. The predicted molar refractivity (Wildman–Crippen MR) is 89.0 cm³/mol. The average molecular weight is 316 g/mol. The summed E-state index contributed by atoms with van der Waals surface area (Å²) in [6.45, 7) is 7.06. The van der Waals surface area contributed by atoms with Crippen LogP contribution < -0.4 is 0 Å². The third kappa shape index (κ3) is 2.89. The molecule has 116 valence electrons. The Morgan fingerprint density at radius 1 is 1.36 bits per heavy atom. The standard InChI is InChI=1S/C16H20N4OS/c1-10-7-11(2)13(12(3)8-10)9-17-20-15(18-19-16(20)22)14-5-4-6-21-14/h7-9,14H,4-6H2,1-3H3,(H,19,22)/t14-/m1/s1. The molecule has 5 nitrogen and oxygen atoms in total. The van der Waals surface area contributed by atoms with Gasteiger partial charge in [-0.2, -0.15) is 14.9 Å². The van der Waals surface area contributed by atoms with Crippen LogP contribution in [0.25, 0.3) is 0 Å². The van der Waals surface area contributed by atoms with Crippen LogP contribution in [-0.4, -0.2) is 27.7 Å². The Balaban J connectivity index is 1.97. The molecule has 1 N–H and O–H groups in total. The molecule has 1 aliphatic rings. The van der Waals surface area contributed by atoms with Gasteiger partial charge in [0.2, 0.25) is 4.77 Å². The van der Waals surface area contributed by atoms with Crippen molar-refractivity contribution in [2.24, 2.45) is 5.10 Å². The minimum Gasteiger partial charge on any atom is -0.370 e. The largest absolute Gasteiger partial charge is 0.370 e. The number of hydrogen-bond acceptors (Lipinski definition) is 4. The van der Waals surface area contributed by atoms with Crippen LogP contribution in [0.2, 0.25) is 0 Å². The number of hydrogen-bond donors (Lipinski definition) is 1. The zero-order chi connectivity index (χ0) is 15.7. The van der Waals surface area contributed by atoms with E-state index in [4.69, 9.17) is 17.0 Å². The monoisotopic (exact) mass is 316 g/mol. The van der Waals surface area contributed by atoms with Crippen LogP contribution >= 0.6 is 12.2 Å². The Bertz CT molecular complexity index is 746. The Labute approximate surface area is 135 Å². The van der Waals surface area contributed by atoms with Crippen molar-refractivity contribution in [3.8, 4) is 0 Å². The van der Waals surface area contributed by atoms with E-state index in [2.05, 4.69) is 48.2 Å². The first-order valence-corrected chi connectivity index (χ1v) is 7.88. The van der Waals surface area contributed by atoms with Gasteiger partial charge in [0, 0.05) is 12.2 Å². The highest BCUT2D eigenvalue weighted by atomic mass is 32.1. The SMILES string of the molecule is Cc1cc(C)c(C=Nn2c([C@H]3CCCO3)n[nH]c2=S)c(C)c1. The molecule has 1 atom stereocenters. The van der Waals surface area contributed by atoms with Gasteiger partial charge in [-0.05, 0) is 57.0 Å². The smallest absolute Gasteiger partial charge is 0.216 e. The number of aryl methyl sites for hydroxylation is 3. The first-order chi connectivity index (χ1) is 10.6. The summed E-state index contributed by atoms with van der Waals surface area (Å²) in [5, 5.41) is 11.6. The number of rotatable bonds is 3. The molecule has 1 aromatic carbocycles. The van der Waals surface area contributed by atoms with E-state index in [1.54, 1.807) is 4.68 Å². The first-order valence-electron chi connectivity index (χ1n) is 7.47. The van der Waals surface area contributed by atoms with E-state index in [0.717, 1.165) is 30.8 Å². The van der Waals surface area contributed by atoms with E-state index < -0.39 is 0 Å². The van der Waals surface area contributed by atoms with Crippen molar-refractivity contribution in [1.82, 2.24) is 14.9 Å². The molecule has 0 aliphatic carbocycles. The van der Waals surface area contributed by atoms with Gasteiger partial charge in [0.05, 0.1) is 6.21 Å². The molecule has 0 spiro atoms. The van der Waals surface area contributed by atoms with Crippen molar-refractivity contribution in [2.45, 2.75) is 39.7 Å². The molecule has 2 heterocycles. The summed E-state index contributed by atoms with van der Waals surface area (Å²) >= 11 is 5.29. The lowest BCUT2D eigenvalue weighted by Crippen LogP contribution is -2.06. The summed E-state index contributed by atoms with van der Waals surface area (Å²) in [7, 11) is 0. The maximum atomic E-state index is 5.68. The molecule has 6 heteroatoms. The van der Waals surface area contributed by atoms with Gasteiger partial charge in [0.15, 0.2) is 5.82 Å². The average Bonchev–Trinajstić information content (AvgIpc) is 3.07.